The zero-order valence-electron chi connectivity index (χ0n) is 10.5. The normalized spacial score (nSPS) is 14.2. The van der Waals surface area contributed by atoms with Gasteiger partial charge in [0, 0.05) is 5.56 Å². The molecule has 0 aliphatic rings. The van der Waals surface area contributed by atoms with E-state index in [1.54, 1.807) is 44.2 Å². The van der Waals surface area contributed by atoms with Crippen molar-refractivity contribution in [2.24, 2.45) is 0 Å². The Balaban J connectivity index is 2.58. The van der Waals surface area contributed by atoms with Crippen LogP contribution in [0.2, 0.25) is 10.0 Å². The Labute approximate surface area is 121 Å². The molecule has 0 spiro atoms. The quantitative estimate of drug-likeness (QED) is 0.852. The summed E-state index contributed by atoms with van der Waals surface area (Å²) in [6, 6.07) is 9.62. The Hall–Kier alpha value is -1.09. The summed E-state index contributed by atoms with van der Waals surface area (Å²) in [5.41, 5.74) is -0.00213. The fourth-order valence-electron chi connectivity index (χ4n) is 1.93. The average molecular weight is 299 g/mol. The first-order valence-electron chi connectivity index (χ1n) is 5.77. The van der Waals surface area contributed by atoms with Gasteiger partial charge in [0.15, 0.2) is 0 Å². The van der Waals surface area contributed by atoms with Crippen molar-refractivity contribution in [2.75, 3.05) is 0 Å². The van der Waals surface area contributed by atoms with Gasteiger partial charge in [0.05, 0.1) is 10.0 Å². The Bertz CT molecular complexity index is 624. The van der Waals surface area contributed by atoms with Crippen LogP contribution in [-0.4, -0.2) is 5.11 Å². The molecule has 1 N–H and O–H groups in total. The van der Waals surface area contributed by atoms with Crippen LogP contribution in [0.3, 0.4) is 0 Å². The summed E-state index contributed by atoms with van der Waals surface area (Å²) in [6.45, 7) is 3.23. The van der Waals surface area contributed by atoms with E-state index in [0.29, 0.717) is 21.7 Å². The molecule has 0 bridgehead atoms. The fourth-order valence-corrected chi connectivity index (χ4v) is 2.42. The zero-order chi connectivity index (χ0) is 14.2. The van der Waals surface area contributed by atoms with E-state index in [-0.39, 0.29) is 10.8 Å². The maximum absolute atomic E-state index is 13.6. The van der Waals surface area contributed by atoms with Crippen LogP contribution in [0.25, 0.3) is 0 Å². The molecule has 1 atom stereocenters. The molecule has 1 unspecified atom stereocenters. The monoisotopic (exact) mass is 298 g/mol. The molecule has 0 aliphatic heterocycles. The highest BCUT2D eigenvalue weighted by Crippen LogP contribution is 2.37. The lowest BCUT2D eigenvalue weighted by atomic mass is 9.87. The van der Waals surface area contributed by atoms with E-state index >= 15 is 0 Å². The van der Waals surface area contributed by atoms with Crippen LogP contribution in [0.4, 0.5) is 4.39 Å². The molecule has 0 aromatic heterocycles. The van der Waals surface area contributed by atoms with Crippen LogP contribution in [0.1, 0.15) is 23.6 Å². The lowest BCUT2D eigenvalue weighted by Crippen LogP contribution is -2.23. The van der Waals surface area contributed by atoms with Gasteiger partial charge < -0.3 is 5.11 Å². The van der Waals surface area contributed by atoms with E-state index in [1.807, 2.05) is 0 Å². The lowest BCUT2D eigenvalue weighted by molar-refractivity contribution is 0.102. The molecule has 0 radical (unpaired) electrons. The van der Waals surface area contributed by atoms with Crippen LogP contribution < -0.4 is 0 Å². The number of hydrogen-bond acceptors (Lipinski definition) is 1. The predicted octanol–water partition coefficient (Wildman–Crippen LogP) is 4.70. The largest absolute Gasteiger partial charge is 0.381 e. The summed E-state index contributed by atoms with van der Waals surface area (Å²) in [5, 5.41) is 11.3. The van der Waals surface area contributed by atoms with Crippen LogP contribution >= 0.6 is 23.2 Å². The van der Waals surface area contributed by atoms with Crippen LogP contribution in [0.15, 0.2) is 36.4 Å². The van der Waals surface area contributed by atoms with E-state index in [9.17, 15) is 9.50 Å². The SMILES string of the molecule is Cc1ccc(C(C)(O)c2cccc(Cl)c2Cl)cc1F. The molecule has 100 valence electrons. The molecule has 4 heteroatoms. The highest BCUT2D eigenvalue weighted by Gasteiger charge is 2.29. The molecule has 19 heavy (non-hydrogen) atoms. The molecule has 0 fully saturated rings. The molecule has 0 amide bonds. The second-order valence-electron chi connectivity index (χ2n) is 4.64. The molecule has 0 saturated carbocycles. The second-order valence-corrected chi connectivity index (χ2v) is 5.42. The minimum Gasteiger partial charge on any atom is -0.381 e. The van der Waals surface area contributed by atoms with Gasteiger partial charge in [0.2, 0.25) is 0 Å². The van der Waals surface area contributed by atoms with Crippen LogP contribution in [0, 0.1) is 12.7 Å². The smallest absolute Gasteiger partial charge is 0.126 e. The third kappa shape index (κ3) is 2.62. The lowest BCUT2D eigenvalue weighted by Gasteiger charge is -2.26. The third-order valence-corrected chi connectivity index (χ3v) is 4.03. The Morgan fingerprint density at radius 2 is 1.84 bits per heavy atom. The predicted molar refractivity (Wildman–Crippen MR) is 76.3 cm³/mol. The number of benzene rings is 2. The van der Waals surface area contributed by atoms with Crippen molar-refractivity contribution in [3.8, 4) is 0 Å². The van der Waals surface area contributed by atoms with Gasteiger partial charge in [-0.15, -0.1) is 0 Å². The Morgan fingerprint density at radius 3 is 2.47 bits per heavy atom. The van der Waals surface area contributed by atoms with Gasteiger partial charge in [-0.2, -0.15) is 0 Å². The minimum atomic E-state index is -1.41. The van der Waals surface area contributed by atoms with E-state index in [2.05, 4.69) is 0 Å². The molecule has 0 heterocycles. The van der Waals surface area contributed by atoms with Crippen molar-refractivity contribution in [1.82, 2.24) is 0 Å². The van der Waals surface area contributed by atoms with Gasteiger partial charge >= 0.3 is 0 Å². The topological polar surface area (TPSA) is 20.2 Å². The van der Waals surface area contributed by atoms with Gasteiger partial charge in [0.25, 0.3) is 0 Å². The number of rotatable bonds is 2. The van der Waals surface area contributed by atoms with Crippen molar-refractivity contribution in [3.05, 3.63) is 69.0 Å². The first kappa shape index (κ1) is 14.3. The molecular weight excluding hydrogens is 286 g/mol. The van der Waals surface area contributed by atoms with E-state index in [1.165, 1.54) is 6.07 Å². The van der Waals surface area contributed by atoms with Gasteiger partial charge in [-0.05, 0) is 37.1 Å². The first-order chi connectivity index (χ1) is 8.84. The van der Waals surface area contributed by atoms with Gasteiger partial charge in [0.1, 0.15) is 11.4 Å². The van der Waals surface area contributed by atoms with Gasteiger partial charge in [-0.3, -0.25) is 0 Å². The standard InChI is InChI=1S/C15H13Cl2FO/c1-9-6-7-10(8-13(9)18)15(2,19)11-4-3-5-12(16)14(11)17/h3-8,19H,1-2H3. The number of aryl methyl sites for hydroxylation is 1. The average Bonchev–Trinajstić information content (AvgIpc) is 2.35. The highest BCUT2D eigenvalue weighted by molar-refractivity contribution is 6.42. The van der Waals surface area contributed by atoms with Crippen molar-refractivity contribution in [3.63, 3.8) is 0 Å². The summed E-state index contributed by atoms with van der Waals surface area (Å²) < 4.78 is 13.6. The molecular formula is C15H13Cl2FO. The number of hydrogen-bond donors (Lipinski definition) is 1. The fraction of sp³-hybridized carbons (Fsp3) is 0.200. The van der Waals surface area contributed by atoms with Gasteiger partial charge in [-0.1, -0.05) is 47.5 Å². The van der Waals surface area contributed by atoms with Crippen LogP contribution in [0.5, 0.6) is 0 Å². The van der Waals surface area contributed by atoms with Crippen molar-refractivity contribution < 1.29 is 9.50 Å². The van der Waals surface area contributed by atoms with Gasteiger partial charge in [-0.25, -0.2) is 4.39 Å². The van der Waals surface area contributed by atoms with Crippen molar-refractivity contribution in [2.45, 2.75) is 19.4 Å². The third-order valence-electron chi connectivity index (χ3n) is 3.21. The van der Waals surface area contributed by atoms with Crippen LogP contribution in [-0.2, 0) is 5.60 Å². The summed E-state index contributed by atoms with van der Waals surface area (Å²) >= 11 is 12.1. The zero-order valence-corrected chi connectivity index (χ0v) is 12.1. The van der Waals surface area contributed by atoms with E-state index in [0.717, 1.165) is 0 Å². The molecule has 0 saturated heterocycles. The molecule has 2 aromatic carbocycles. The maximum Gasteiger partial charge on any atom is 0.126 e. The van der Waals surface area contributed by atoms with E-state index < -0.39 is 5.60 Å². The number of aliphatic hydroxyl groups is 1. The van der Waals surface area contributed by atoms with Crippen molar-refractivity contribution >= 4 is 23.2 Å². The molecule has 2 aromatic rings. The number of halogens is 3. The Morgan fingerprint density at radius 1 is 1.16 bits per heavy atom. The molecule has 2 rings (SSSR count). The van der Waals surface area contributed by atoms with E-state index in [4.69, 9.17) is 23.2 Å². The molecule has 1 nitrogen and oxygen atoms in total. The summed E-state index contributed by atoms with van der Waals surface area (Å²) in [6.07, 6.45) is 0. The highest BCUT2D eigenvalue weighted by atomic mass is 35.5. The minimum absolute atomic E-state index is 0.273. The second kappa shape index (κ2) is 5.12. The maximum atomic E-state index is 13.6. The summed E-state index contributed by atoms with van der Waals surface area (Å²) in [7, 11) is 0. The summed E-state index contributed by atoms with van der Waals surface area (Å²) in [5.74, 6) is -0.365. The Kier molecular flexibility index (Phi) is 3.86. The summed E-state index contributed by atoms with van der Waals surface area (Å²) in [4.78, 5) is 0. The molecule has 0 aliphatic carbocycles. The first-order valence-corrected chi connectivity index (χ1v) is 6.53. The van der Waals surface area contributed by atoms with Crippen molar-refractivity contribution in [1.29, 1.82) is 0 Å².